The zero-order chi connectivity index (χ0) is 13.8. The number of benzene rings is 1. The quantitative estimate of drug-likeness (QED) is 0.767. The number of anilines is 1. The van der Waals surface area contributed by atoms with Crippen LogP contribution in [0.4, 0.5) is 10.5 Å². The Morgan fingerprint density at radius 3 is 2.68 bits per heavy atom. The van der Waals surface area contributed by atoms with Crippen LogP contribution in [0.2, 0.25) is 0 Å². The standard InChI is InChI=1S/C14H17NO4/c1-18-13(16)9-11-8-7-10-5-3-4-6-12(10)15(11)14(17)19-2/h3-6,11H,7-9H2,1-2H3/t11-/m1/s1. The molecule has 19 heavy (non-hydrogen) atoms. The van der Waals surface area contributed by atoms with Crippen molar-refractivity contribution in [1.82, 2.24) is 0 Å². The van der Waals surface area contributed by atoms with Gasteiger partial charge in [0.25, 0.3) is 0 Å². The van der Waals surface area contributed by atoms with Crippen molar-refractivity contribution in [2.45, 2.75) is 25.3 Å². The molecule has 0 fully saturated rings. The Morgan fingerprint density at radius 1 is 1.26 bits per heavy atom. The molecule has 1 aromatic rings. The molecular formula is C14H17NO4. The van der Waals surface area contributed by atoms with Crippen molar-refractivity contribution in [2.75, 3.05) is 19.1 Å². The first kappa shape index (κ1) is 13.4. The molecule has 2 rings (SSSR count). The normalized spacial score (nSPS) is 17.6. The monoisotopic (exact) mass is 263 g/mol. The summed E-state index contributed by atoms with van der Waals surface area (Å²) in [6, 6.07) is 7.45. The van der Waals surface area contributed by atoms with E-state index in [1.807, 2.05) is 24.3 Å². The maximum absolute atomic E-state index is 12.0. The summed E-state index contributed by atoms with van der Waals surface area (Å²) in [4.78, 5) is 25.0. The van der Waals surface area contributed by atoms with E-state index in [0.29, 0.717) is 0 Å². The van der Waals surface area contributed by atoms with Crippen LogP contribution in [-0.2, 0) is 20.7 Å². The number of amides is 1. The average Bonchev–Trinajstić information content (AvgIpc) is 2.46. The first-order valence-electron chi connectivity index (χ1n) is 6.19. The second kappa shape index (κ2) is 5.73. The van der Waals surface area contributed by atoms with Crippen LogP contribution in [0, 0.1) is 0 Å². The Labute approximate surface area is 112 Å². The molecule has 0 bridgehead atoms. The number of carbonyl (C=O) groups is 2. The van der Waals surface area contributed by atoms with E-state index < -0.39 is 6.09 Å². The molecule has 102 valence electrons. The van der Waals surface area contributed by atoms with Crippen LogP contribution in [0.5, 0.6) is 0 Å². The second-order valence-corrected chi connectivity index (χ2v) is 4.44. The molecule has 0 saturated heterocycles. The van der Waals surface area contributed by atoms with Gasteiger partial charge >= 0.3 is 12.1 Å². The molecule has 5 heteroatoms. The molecule has 0 aromatic heterocycles. The van der Waals surface area contributed by atoms with Gasteiger partial charge in [0.15, 0.2) is 0 Å². The lowest BCUT2D eigenvalue weighted by Crippen LogP contribution is -2.45. The molecule has 0 saturated carbocycles. The molecule has 5 nitrogen and oxygen atoms in total. The number of ether oxygens (including phenoxy) is 2. The van der Waals surface area contributed by atoms with Crippen molar-refractivity contribution in [3.05, 3.63) is 29.8 Å². The molecule has 1 aromatic carbocycles. The van der Waals surface area contributed by atoms with Crippen LogP contribution in [0.3, 0.4) is 0 Å². The lowest BCUT2D eigenvalue weighted by Gasteiger charge is -2.35. The third-order valence-electron chi connectivity index (χ3n) is 3.36. The van der Waals surface area contributed by atoms with Crippen LogP contribution < -0.4 is 4.90 Å². The maximum atomic E-state index is 12.0. The molecule has 0 spiro atoms. The highest BCUT2D eigenvalue weighted by molar-refractivity contribution is 5.90. The molecule has 0 radical (unpaired) electrons. The van der Waals surface area contributed by atoms with E-state index in [2.05, 4.69) is 4.74 Å². The molecule has 0 N–H and O–H groups in total. The average molecular weight is 263 g/mol. The number of nitrogens with zero attached hydrogens (tertiary/aromatic N) is 1. The Bertz CT molecular complexity index is 486. The fourth-order valence-corrected chi connectivity index (χ4v) is 2.42. The van der Waals surface area contributed by atoms with Crippen LogP contribution >= 0.6 is 0 Å². The van der Waals surface area contributed by atoms with Gasteiger partial charge in [-0.2, -0.15) is 0 Å². The van der Waals surface area contributed by atoms with Gasteiger partial charge in [0.1, 0.15) is 0 Å². The second-order valence-electron chi connectivity index (χ2n) is 4.44. The SMILES string of the molecule is COC(=O)C[C@H]1CCc2ccccc2N1C(=O)OC. The van der Waals surface area contributed by atoms with Gasteiger partial charge in [-0.3, -0.25) is 9.69 Å². The Balaban J connectivity index is 2.31. The molecule has 0 aliphatic carbocycles. The van der Waals surface area contributed by atoms with Gasteiger partial charge in [-0.05, 0) is 24.5 Å². The molecule has 1 amide bonds. The van der Waals surface area contributed by atoms with Gasteiger partial charge in [-0.15, -0.1) is 0 Å². The van der Waals surface area contributed by atoms with Crippen molar-refractivity contribution in [3.8, 4) is 0 Å². The zero-order valence-electron chi connectivity index (χ0n) is 11.1. The van der Waals surface area contributed by atoms with Crippen molar-refractivity contribution in [1.29, 1.82) is 0 Å². The van der Waals surface area contributed by atoms with E-state index in [1.165, 1.54) is 14.2 Å². The van der Waals surface area contributed by atoms with Crippen LogP contribution in [0.25, 0.3) is 0 Å². The smallest absolute Gasteiger partial charge is 0.414 e. The van der Waals surface area contributed by atoms with Gasteiger partial charge in [0.2, 0.25) is 0 Å². The topological polar surface area (TPSA) is 55.8 Å². The predicted octanol–water partition coefficient (Wildman–Crippen LogP) is 2.14. The lowest BCUT2D eigenvalue weighted by atomic mass is 9.94. The predicted molar refractivity (Wildman–Crippen MR) is 70.1 cm³/mol. The summed E-state index contributed by atoms with van der Waals surface area (Å²) >= 11 is 0. The summed E-state index contributed by atoms with van der Waals surface area (Å²) in [6.45, 7) is 0. The zero-order valence-corrected chi connectivity index (χ0v) is 11.1. The summed E-state index contributed by atoms with van der Waals surface area (Å²) in [5.74, 6) is -0.321. The van der Waals surface area contributed by atoms with Crippen molar-refractivity contribution in [2.24, 2.45) is 0 Å². The van der Waals surface area contributed by atoms with E-state index in [1.54, 1.807) is 4.90 Å². The summed E-state index contributed by atoms with van der Waals surface area (Å²) in [5, 5.41) is 0. The Kier molecular flexibility index (Phi) is 4.04. The fraction of sp³-hybridized carbons (Fsp3) is 0.429. The third-order valence-corrected chi connectivity index (χ3v) is 3.36. The summed E-state index contributed by atoms with van der Waals surface area (Å²) in [7, 11) is 2.69. The van der Waals surface area contributed by atoms with Gasteiger partial charge < -0.3 is 9.47 Å². The van der Waals surface area contributed by atoms with E-state index in [0.717, 1.165) is 24.1 Å². The number of fused-ring (bicyclic) bond motifs is 1. The molecule has 0 unspecified atom stereocenters. The van der Waals surface area contributed by atoms with Crippen molar-refractivity contribution >= 4 is 17.7 Å². The molecule has 1 heterocycles. The van der Waals surface area contributed by atoms with Gasteiger partial charge in [0.05, 0.1) is 32.4 Å². The number of methoxy groups -OCH3 is 2. The minimum Gasteiger partial charge on any atom is -0.469 e. The Morgan fingerprint density at radius 2 is 2.00 bits per heavy atom. The largest absolute Gasteiger partial charge is 0.469 e. The highest BCUT2D eigenvalue weighted by Crippen LogP contribution is 2.32. The molecule has 1 atom stereocenters. The lowest BCUT2D eigenvalue weighted by molar-refractivity contribution is -0.141. The minimum absolute atomic E-state index is 0.180. The number of aryl methyl sites for hydroxylation is 1. The first-order chi connectivity index (χ1) is 9.17. The number of esters is 1. The maximum Gasteiger partial charge on any atom is 0.414 e. The minimum atomic E-state index is -0.443. The number of hydrogen-bond donors (Lipinski definition) is 0. The van der Waals surface area contributed by atoms with E-state index in [-0.39, 0.29) is 18.4 Å². The van der Waals surface area contributed by atoms with E-state index in [9.17, 15) is 9.59 Å². The van der Waals surface area contributed by atoms with Crippen molar-refractivity contribution < 1.29 is 19.1 Å². The number of carbonyl (C=O) groups excluding carboxylic acids is 2. The highest BCUT2D eigenvalue weighted by atomic mass is 16.5. The first-order valence-corrected chi connectivity index (χ1v) is 6.19. The number of hydrogen-bond acceptors (Lipinski definition) is 4. The Hall–Kier alpha value is -2.04. The van der Waals surface area contributed by atoms with Gasteiger partial charge in [-0.25, -0.2) is 4.79 Å². The summed E-state index contributed by atoms with van der Waals surface area (Å²) < 4.78 is 9.51. The van der Waals surface area contributed by atoms with Crippen LogP contribution in [0.15, 0.2) is 24.3 Å². The highest BCUT2D eigenvalue weighted by Gasteiger charge is 2.33. The number of para-hydroxylation sites is 1. The summed E-state index contributed by atoms with van der Waals surface area (Å²) in [5.41, 5.74) is 1.91. The van der Waals surface area contributed by atoms with E-state index >= 15 is 0 Å². The molecular weight excluding hydrogens is 246 g/mol. The van der Waals surface area contributed by atoms with Crippen LogP contribution in [0.1, 0.15) is 18.4 Å². The van der Waals surface area contributed by atoms with Crippen LogP contribution in [-0.4, -0.2) is 32.3 Å². The van der Waals surface area contributed by atoms with Crippen molar-refractivity contribution in [3.63, 3.8) is 0 Å². The van der Waals surface area contributed by atoms with Gasteiger partial charge in [0, 0.05) is 0 Å². The summed E-state index contributed by atoms with van der Waals surface area (Å²) in [6.07, 6.45) is 1.30. The fourth-order valence-electron chi connectivity index (χ4n) is 2.42. The van der Waals surface area contributed by atoms with E-state index in [4.69, 9.17) is 4.74 Å². The third kappa shape index (κ3) is 2.70. The number of rotatable bonds is 2. The molecule has 1 aliphatic heterocycles. The van der Waals surface area contributed by atoms with Gasteiger partial charge in [-0.1, -0.05) is 18.2 Å². The molecule has 1 aliphatic rings.